The Kier molecular flexibility index (Phi) is 9.27. The molecule has 90 valence electrons. The second kappa shape index (κ2) is 9.77. The fourth-order valence-electron chi connectivity index (χ4n) is 1.53. The average molecular weight is 216 g/mol. The molecule has 0 aliphatic rings. The molecule has 0 bridgehead atoms. The van der Waals surface area contributed by atoms with Crippen molar-refractivity contribution in [3.63, 3.8) is 0 Å². The highest BCUT2D eigenvalue weighted by Gasteiger charge is 2.04. The topological polar surface area (TPSA) is 75.3 Å². The Labute approximate surface area is 92.2 Å². The number of carbonyl (C=O) groups is 1. The quantitative estimate of drug-likeness (QED) is 0.408. The second-order valence-corrected chi connectivity index (χ2v) is 3.93. The zero-order chi connectivity index (χ0) is 11.5. The number of primary amides is 1. The molecule has 0 aliphatic heterocycles. The lowest BCUT2D eigenvalue weighted by Crippen LogP contribution is -2.38. The number of rotatable bonds is 9. The lowest BCUT2D eigenvalue weighted by Gasteiger charge is -2.10. The van der Waals surface area contributed by atoms with Gasteiger partial charge in [-0.3, -0.25) is 0 Å². The summed E-state index contributed by atoms with van der Waals surface area (Å²) in [5.74, 6) is 0. The first kappa shape index (κ1) is 14.2. The summed E-state index contributed by atoms with van der Waals surface area (Å²) in [6.45, 7) is 2.20. The first-order valence-electron chi connectivity index (χ1n) is 5.91. The molecule has 1 atom stereocenters. The summed E-state index contributed by atoms with van der Waals surface area (Å²) in [6.07, 6.45) is 8.23. The van der Waals surface area contributed by atoms with E-state index in [1.54, 1.807) is 0 Å². The first-order chi connectivity index (χ1) is 7.16. The number of nitrogens with two attached hydrogens (primary N) is 1. The predicted molar refractivity (Wildman–Crippen MR) is 61.3 cm³/mol. The molecule has 2 amide bonds. The molecule has 0 aliphatic carbocycles. The van der Waals surface area contributed by atoms with Crippen LogP contribution in [0.25, 0.3) is 0 Å². The van der Waals surface area contributed by atoms with Gasteiger partial charge in [0.1, 0.15) is 6.23 Å². The normalized spacial score (nSPS) is 12.4. The second-order valence-electron chi connectivity index (χ2n) is 3.93. The van der Waals surface area contributed by atoms with Crippen molar-refractivity contribution in [2.24, 2.45) is 5.73 Å². The summed E-state index contributed by atoms with van der Waals surface area (Å²) in [5.41, 5.74) is 4.87. The number of urea groups is 1. The fourth-order valence-corrected chi connectivity index (χ4v) is 1.53. The van der Waals surface area contributed by atoms with Crippen LogP contribution in [0.4, 0.5) is 4.79 Å². The number of hydrogen-bond donors (Lipinski definition) is 3. The lowest BCUT2D eigenvalue weighted by molar-refractivity contribution is 0.132. The average Bonchev–Trinajstić information content (AvgIpc) is 2.15. The molecule has 15 heavy (non-hydrogen) atoms. The third-order valence-electron chi connectivity index (χ3n) is 2.39. The van der Waals surface area contributed by atoms with Crippen LogP contribution in [-0.4, -0.2) is 17.4 Å². The standard InChI is InChI=1S/C11H24N2O2/c1-2-3-4-5-6-7-8-9-10(14)13-11(12)15/h10,14H,2-9H2,1H3,(H3,12,13,15). The summed E-state index contributed by atoms with van der Waals surface area (Å²) in [6, 6.07) is -0.662. The van der Waals surface area contributed by atoms with Crippen molar-refractivity contribution in [3.8, 4) is 0 Å². The third kappa shape index (κ3) is 11.2. The first-order valence-corrected chi connectivity index (χ1v) is 5.91. The van der Waals surface area contributed by atoms with Crippen LogP contribution >= 0.6 is 0 Å². The Morgan fingerprint density at radius 1 is 1.20 bits per heavy atom. The number of hydrogen-bond acceptors (Lipinski definition) is 2. The van der Waals surface area contributed by atoms with Crippen LogP contribution in [0.2, 0.25) is 0 Å². The van der Waals surface area contributed by atoms with E-state index in [2.05, 4.69) is 12.2 Å². The zero-order valence-corrected chi connectivity index (χ0v) is 9.67. The van der Waals surface area contributed by atoms with Gasteiger partial charge in [0, 0.05) is 0 Å². The molecule has 0 saturated heterocycles. The van der Waals surface area contributed by atoms with E-state index in [1.807, 2.05) is 0 Å². The van der Waals surface area contributed by atoms with E-state index in [0.29, 0.717) is 6.42 Å². The summed E-state index contributed by atoms with van der Waals surface area (Å²) >= 11 is 0. The molecule has 0 radical (unpaired) electrons. The summed E-state index contributed by atoms with van der Waals surface area (Å²) in [4.78, 5) is 10.4. The Hall–Kier alpha value is -0.770. The van der Waals surface area contributed by atoms with Gasteiger partial charge < -0.3 is 16.2 Å². The molecule has 4 N–H and O–H groups in total. The maximum atomic E-state index is 10.4. The van der Waals surface area contributed by atoms with Gasteiger partial charge in [0.25, 0.3) is 0 Å². The van der Waals surface area contributed by atoms with Gasteiger partial charge in [0.2, 0.25) is 0 Å². The molecule has 0 heterocycles. The van der Waals surface area contributed by atoms with E-state index in [9.17, 15) is 9.90 Å². The van der Waals surface area contributed by atoms with Crippen LogP contribution in [0.1, 0.15) is 58.3 Å². The van der Waals surface area contributed by atoms with Crippen molar-refractivity contribution in [2.75, 3.05) is 0 Å². The Morgan fingerprint density at radius 2 is 1.73 bits per heavy atom. The number of carbonyl (C=O) groups excluding carboxylic acids is 1. The smallest absolute Gasteiger partial charge is 0.314 e. The third-order valence-corrected chi connectivity index (χ3v) is 2.39. The molecule has 1 unspecified atom stereocenters. The van der Waals surface area contributed by atoms with E-state index < -0.39 is 12.3 Å². The summed E-state index contributed by atoms with van der Waals surface area (Å²) < 4.78 is 0. The van der Waals surface area contributed by atoms with Crippen LogP contribution in [0.5, 0.6) is 0 Å². The van der Waals surface area contributed by atoms with Gasteiger partial charge in [-0.25, -0.2) is 4.79 Å². The van der Waals surface area contributed by atoms with Crippen LogP contribution in [0, 0.1) is 0 Å². The highest BCUT2D eigenvalue weighted by Crippen LogP contribution is 2.08. The van der Waals surface area contributed by atoms with Crippen molar-refractivity contribution >= 4 is 6.03 Å². The highest BCUT2D eigenvalue weighted by molar-refractivity contribution is 5.71. The molecule has 4 heteroatoms. The zero-order valence-electron chi connectivity index (χ0n) is 9.67. The number of unbranched alkanes of at least 4 members (excludes halogenated alkanes) is 6. The lowest BCUT2D eigenvalue weighted by atomic mass is 10.1. The molecule has 0 fully saturated rings. The van der Waals surface area contributed by atoms with Crippen LogP contribution < -0.4 is 11.1 Å². The van der Waals surface area contributed by atoms with Gasteiger partial charge in [-0.1, -0.05) is 45.4 Å². The molecule has 0 spiro atoms. The SMILES string of the molecule is CCCCCCCCCC(O)NC(N)=O. The molecule has 4 nitrogen and oxygen atoms in total. The number of aliphatic hydroxyl groups is 1. The largest absolute Gasteiger partial charge is 0.374 e. The van der Waals surface area contributed by atoms with E-state index in [1.165, 1.54) is 32.1 Å². The van der Waals surface area contributed by atoms with Gasteiger partial charge in [0.05, 0.1) is 0 Å². The molecule has 0 aromatic rings. The number of aliphatic hydroxyl groups excluding tert-OH is 1. The Morgan fingerprint density at radius 3 is 2.27 bits per heavy atom. The van der Waals surface area contributed by atoms with E-state index in [-0.39, 0.29) is 0 Å². The van der Waals surface area contributed by atoms with Crippen molar-refractivity contribution < 1.29 is 9.90 Å². The summed E-state index contributed by atoms with van der Waals surface area (Å²) in [5, 5.41) is 11.5. The molecule has 0 aromatic carbocycles. The van der Waals surface area contributed by atoms with Crippen molar-refractivity contribution in [1.29, 1.82) is 0 Å². The maximum absolute atomic E-state index is 10.4. The van der Waals surface area contributed by atoms with E-state index in [4.69, 9.17) is 5.73 Å². The molecule has 0 saturated carbocycles. The molecular weight excluding hydrogens is 192 g/mol. The molecular formula is C11H24N2O2. The van der Waals surface area contributed by atoms with Crippen molar-refractivity contribution in [1.82, 2.24) is 5.32 Å². The van der Waals surface area contributed by atoms with Crippen LogP contribution in [0.15, 0.2) is 0 Å². The fraction of sp³-hybridized carbons (Fsp3) is 0.909. The number of nitrogens with one attached hydrogen (secondary N) is 1. The van der Waals surface area contributed by atoms with E-state index in [0.717, 1.165) is 12.8 Å². The monoisotopic (exact) mass is 216 g/mol. The van der Waals surface area contributed by atoms with Gasteiger partial charge in [-0.05, 0) is 12.8 Å². The van der Waals surface area contributed by atoms with Gasteiger partial charge in [0.15, 0.2) is 0 Å². The van der Waals surface area contributed by atoms with Gasteiger partial charge in [-0.2, -0.15) is 0 Å². The molecule has 0 rings (SSSR count). The Balaban J connectivity index is 3.13. The van der Waals surface area contributed by atoms with Crippen molar-refractivity contribution in [3.05, 3.63) is 0 Å². The van der Waals surface area contributed by atoms with E-state index >= 15 is 0 Å². The van der Waals surface area contributed by atoms with Gasteiger partial charge >= 0.3 is 6.03 Å². The minimum atomic E-state index is -0.779. The van der Waals surface area contributed by atoms with Crippen LogP contribution in [0.3, 0.4) is 0 Å². The number of amides is 2. The van der Waals surface area contributed by atoms with Crippen LogP contribution in [-0.2, 0) is 0 Å². The summed E-state index contributed by atoms with van der Waals surface area (Å²) in [7, 11) is 0. The van der Waals surface area contributed by atoms with Gasteiger partial charge in [-0.15, -0.1) is 0 Å². The van der Waals surface area contributed by atoms with Crippen molar-refractivity contribution in [2.45, 2.75) is 64.5 Å². The molecule has 0 aromatic heterocycles. The minimum absolute atomic E-state index is 0.594. The predicted octanol–water partition coefficient (Wildman–Crippen LogP) is 2.11. The maximum Gasteiger partial charge on any atom is 0.314 e. The highest BCUT2D eigenvalue weighted by atomic mass is 16.3. The minimum Gasteiger partial charge on any atom is -0.374 e. The Bertz CT molecular complexity index is 163.